The lowest BCUT2D eigenvalue weighted by Crippen LogP contribution is -2.58. The Bertz CT molecular complexity index is 1720. The van der Waals surface area contributed by atoms with E-state index >= 15 is 4.39 Å². The van der Waals surface area contributed by atoms with Gasteiger partial charge < -0.3 is 14.9 Å². The fraction of sp³-hybridized carbons (Fsp3) is 0.400. The first-order valence-corrected chi connectivity index (χ1v) is 14.3. The van der Waals surface area contributed by atoms with E-state index in [1.807, 2.05) is 46.4 Å². The number of piperazine rings is 1. The van der Waals surface area contributed by atoms with E-state index in [0.29, 0.717) is 34.8 Å². The van der Waals surface area contributed by atoms with Crippen LogP contribution in [0.4, 0.5) is 15.0 Å². The van der Waals surface area contributed by atoms with Crippen molar-refractivity contribution in [2.75, 3.05) is 18.0 Å². The molecule has 1 fully saturated rings. The van der Waals surface area contributed by atoms with E-state index in [4.69, 9.17) is 16.6 Å². The molecular weight excluding hydrogens is 561 g/mol. The van der Waals surface area contributed by atoms with Crippen molar-refractivity contribution in [3.05, 3.63) is 69.4 Å². The highest BCUT2D eigenvalue weighted by Gasteiger charge is 2.35. The van der Waals surface area contributed by atoms with Crippen LogP contribution in [0.3, 0.4) is 0 Å². The van der Waals surface area contributed by atoms with Crippen LogP contribution in [0.2, 0.25) is 5.02 Å². The molecule has 1 aliphatic rings. The van der Waals surface area contributed by atoms with Crippen molar-refractivity contribution in [3.8, 4) is 16.9 Å². The zero-order valence-corrected chi connectivity index (χ0v) is 25.1. The number of anilines is 1. The largest absolute Gasteiger partial charge is 0.465 e. The highest BCUT2D eigenvalue weighted by atomic mass is 35.5. The molecule has 42 heavy (non-hydrogen) atoms. The predicted molar refractivity (Wildman–Crippen MR) is 160 cm³/mol. The van der Waals surface area contributed by atoms with Gasteiger partial charge in [0.25, 0.3) is 0 Å². The van der Waals surface area contributed by atoms with Gasteiger partial charge in [0.15, 0.2) is 5.65 Å². The summed E-state index contributed by atoms with van der Waals surface area (Å²) in [6.45, 7) is 12.1. The highest BCUT2D eigenvalue weighted by molar-refractivity contribution is 6.33. The SMILES string of the molecule is CC(C)c1ncnc(C(C)C)c1-n1c(=O)nc(N2CC(C)N(C(=O)O)CC2C)c2cc(Cl)c(-c3ccccc3F)nc21. The molecule has 2 atom stereocenters. The maximum atomic E-state index is 15.0. The van der Waals surface area contributed by atoms with E-state index in [1.165, 1.54) is 21.9 Å². The van der Waals surface area contributed by atoms with Gasteiger partial charge in [0.2, 0.25) is 0 Å². The molecule has 1 aliphatic heterocycles. The predicted octanol–water partition coefficient (Wildman–Crippen LogP) is 5.85. The van der Waals surface area contributed by atoms with Gasteiger partial charge in [0.05, 0.1) is 33.2 Å². The number of fused-ring (bicyclic) bond motifs is 1. The molecule has 4 aromatic rings. The summed E-state index contributed by atoms with van der Waals surface area (Å²) in [6, 6.07) is 7.17. The molecule has 0 spiro atoms. The van der Waals surface area contributed by atoms with Crippen LogP contribution >= 0.6 is 11.6 Å². The summed E-state index contributed by atoms with van der Waals surface area (Å²) in [7, 11) is 0. The van der Waals surface area contributed by atoms with Crippen LogP contribution in [0, 0.1) is 5.82 Å². The second-order valence-electron chi connectivity index (χ2n) is 11.3. The lowest BCUT2D eigenvalue weighted by atomic mass is 10.0. The summed E-state index contributed by atoms with van der Waals surface area (Å²) >= 11 is 6.78. The number of aromatic nitrogens is 5. The number of benzene rings is 1. The minimum absolute atomic E-state index is 0.0644. The molecule has 0 saturated carbocycles. The third-order valence-corrected chi connectivity index (χ3v) is 7.92. The van der Waals surface area contributed by atoms with Crippen molar-refractivity contribution in [1.82, 2.24) is 29.4 Å². The Kier molecular flexibility index (Phi) is 7.89. The van der Waals surface area contributed by atoms with E-state index < -0.39 is 17.6 Å². The summed E-state index contributed by atoms with van der Waals surface area (Å²) in [6.07, 6.45) is 0.483. The van der Waals surface area contributed by atoms with E-state index in [-0.39, 0.29) is 52.4 Å². The monoisotopic (exact) mass is 593 g/mol. The van der Waals surface area contributed by atoms with Gasteiger partial charge in [-0.3, -0.25) is 0 Å². The van der Waals surface area contributed by atoms with Crippen LogP contribution < -0.4 is 10.6 Å². The van der Waals surface area contributed by atoms with Crippen molar-refractivity contribution in [2.24, 2.45) is 0 Å². The fourth-order valence-corrected chi connectivity index (χ4v) is 5.79. The molecule has 4 heterocycles. The van der Waals surface area contributed by atoms with E-state index in [1.54, 1.807) is 24.3 Å². The lowest BCUT2D eigenvalue weighted by Gasteiger charge is -2.43. The molecule has 1 N–H and O–H groups in total. The number of rotatable bonds is 5. The molecule has 10 nitrogen and oxygen atoms in total. The van der Waals surface area contributed by atoms with Gasteiger partial charge >= 0.3 is 11.8 Å². The number of hydrogen-bond acceptors (Lipinski definition) is 7. The normalized spacial score (nSPS) is 17.5. The van der Waals surface area contributed by atoms with Crippen LogP contribution in [0.1, 0.15) is 64.8 Å². The molecule has 220 valence electrons. The summed E-state index contributed by atoms with van der Waals surface area (Å²) in [5.74, 6) is -0.300. The Morgan fingerprint density at radius 3 is 2.26 bits per heavy atom. The number of carboxylic acid groups (broad SMARTS) is 1. The average molecular weight is 594 g/mol. The van der Waals surface area contributed by atoms with Crippen molar-refractivity contribution in [2.45, 2.75) is 65.5 Å². The van der Waals surface area contributed by atoms with Crippen molar-refractivity contribution in [3.63, 3.8) is 0 Å². The van der Waals surface area contributed by atoms with Crippen molar-refractivity contribution in [1.29, 1.82) is 0 Å². The smallest absolute Gasteiger partial charge is 0.407 e. The summed E-state index contributed by atoms with van der Waals surface area (Å²) < 4.78 is 16.4. The van der Waals surface area contributed by atoms with Crippen LogP contribution in [0.5, 0.6) is 0 Å². The van der Waals surface area contributed by atoms with E-state index in [2.05, 4.69) is 15.0 Å². The molecule has 1 amide bonds. The molecule has 0 bridgehead atoms. The topological polar surface area (TPSA) is 117 Å². The molecule has 2 unspecified atom stereocenters. The number of hydrogen-bond donors (Lipinski definition) is 1. The van der Waals surface area contributed by atoms with Crippen LogP contribution in [-0.4, -0.2) is 65.8 Å². The average Bonchev–Trinajstić information content (AvgIpc) is 2.93. The Hall–Kier alpha value is -4.12. The lowest BCUT2D eigenvalue weighted by molar-refractivity contribution is 0.114. The summed E-state index contributed by atoms with van der Waals surface area (Å²) in [4.78, 5) is 47.7. The third kappa shape index (κ3) is 5.06. The number of halogens is 2. The number of amides is 1. The second-order valence-corrected chi connectivity index (χ2v) is 11.7. The van der Waals surface area contributed by atoms with Gasteiger partial charge in [-0.25, -0.2) is 33.5 Å². The van der Waals surface area contributed by atoms with Gasteiger partial charge in [0.1, 0.15) is 18.0 Å². The van der Waals surface area contributed by atoms with Gasteiger partial charge in [0, 0.05) is 30.7 Å². The zero-order valence-electron chi connectivity index (χ0n) is 24.3. The van der Waals surface area contributed by atoms with Gasteiger partial charge in [-0.05, 0) is 43.9 Å². The first-order chi connectivity index (χ1) is 19.9. The quantitative estimate of drug-likeness (QED) is 0.306. The molecule has 5 rings (SSSR count). The Balaban J connectivity index is 1.88. The highest BCUT2D eigenvalue weighted by Crippen LogP contribution is 2.37. The first-order valence-electron chi connectivity index (χ1n) is 13.9. The van der Waals surface area contributed by atoms with Gasteiger partial charge in [-0.15, -0.1) is 0 Å². The molecule has 1 saturated heterocycles. The maximum absolute atomic E-state index is 15.0. The number of carbonyl (C=O) groups is 1. The molecule has 12 heteroatoms. The van der Waals surface area contributed by atoms with Crippen LogP contribution in [0.25, 0.3) is 28.0 Å². The first kappa shape index (κ1) is 29.4. The molecule has 0 radical (unpaired) electrons. The molecular formula is C30H33ClFN7O3. The second kappa shape index (κ2) is 11.3. The summed E-state index contributed by atoms with van der Waals surface area (Å²) in [5.41, 5.74) is 1.77. The van der Waals surface area contributed by atoms with Crippen molar-refractivity contribution < 1.29 is 14.3 Å². The minimum atomic E-state index is -1.01. The van der Waals surface area contributed by atoms with E-state index in [9.17, 15) is 14.7 Å². The van der Waals surface area contributed by atoms with Crippen LogP contribution in [-0.2, 0) is 0 Å². The Labute approximate surface area is 247 Å². The molecule has 1 aromatic carbocycles. The van der Waals surface area contributed by atoms with Crippen molar-refractivity contribution >= 4 is 34.5 Å². The number of pyridine rings is 1. The maximum Gasteiger partial charge on any atom is 0.407 e. The summed E-state index contributed by atoms with van der Waals surface area (Å²) in [5, 5.41) is 10.3. The zero-order chi connectivity index (χ0) is 30.5. The fourth-order valence-electron chi connectivity index (χ4n) is 5.54. The molecule has 0 aliphatic carbocycles. The minimum Gasteiger partial charge on any atom is -0.465 e. The Morgan fingerprint density at radius 1 is 1.02 bits per heavy atom. The van der Waals surface area contributed by atoms with E-state index in [0.717, 1.165) is 0 Å². The van der Waals surface area contributed by atoms with Gasteiger partial charge in [-0.2, -0.15) is 4.98 Å². The third-order valence-electron chi connectivity index (χ3n) is 7.63. The number of nitrogens with zero attached hydrogens (tertiary/aromatic N) is 7. The standard InChI is InChI=1S/C30H33ClFN7O3/c1-15(2)23-26(24(16(3)4)34-14-33-23)39-28-20(11-21(31)25(35-28)19-9-7-8-10-22(19)32)27(36-29(39)40)37-12-18(6)38(30(41)42)13-17(37)5/h7-11,14-18H,12-13H2,1-6H3,(H,41,42). The molecule has 3 aromatic heterocycles. The van der Waals surface area contributed by atoms with Gasteiger partial charge in [-0.1, -0.05) is 51.4 Å². The Morgan fingerprint density at radius 2 is 1.67 bits per heavy atom. The van der Waals surface area contributed by atoms with Crippen LogP contribution in [0.15, 0.2) is 41.5 Å².